The second-order valence-corrected chi connectivity index (χ2v) is 8.16. The van der Waals surface area contributed by atoms with Crippen LogP contribution in [-0.2, 0) is 10.0 Å². The van der Waals surface area contributed by atoms with Gasteiger partial charge in [-0.25, -0.2) is 13.4 Å². The lowest BCUT2D eigenvalue weighted by atomic mass is 10.1. The van der Waals surface area contributed by atoms with Gasteiger partial charge in [0, 0.05) is 35.8 Å². The third kappa shape index (κ3) is 3.67. The van der Waals surface area contributed by atoms with Crippen LogP contribution in [0.5, 0.6) is 0 Å². The minimum atomic E-state index is -3.85. The molecule has 0 spiro atoms. The van der Waals surface area contributed by atoms with Crippen LogP contribution in [0.4, 0.5) is 11.4 Å². The molecule has 0 atom stereocenters. The third-order valence-electron chi connectivity index (χ3n) is 4.47. The molecule has 0 amide bonds. The molecular formula is C20H16N4O4S. The number of hydrogen-bond donors (Lipinski definition) is 1. The number of pyridine rings is 1. The maximum Gasteiger partial charge on any atom is 0.269 e. The summed E-state index contributed by atoms with van der Waals surface area (Å²) in [4.78, 5) is 14.7. The molecule has 146 valence electrons. The zero-order chi connectivity index (χ0) is 20.6. The molecule has 4 aromatic rings. The van der Waals surface area contributed by atoms with Crippen LogP contribution in [0.25, 0.3) is 16.9 Å². The highest BCUT2D eigenvalue weighted by Crippen LogP contribution is 2.24. The number of aryl methyl sites for hydroxylation is 1. The van der Waals surface area contributed by atoms with Crippen LogP contribution < -0.4 is 4.72 Å². The molecule has 2 aromatic heterocycles. The summed E-state index contributed by atoms with van der Waals surface area (Å²) in [5, 5.41) is 10.7. The Hall–Kier alpha value is -3.72. The van der Waals surface area contributed by atoms with E-state index in [9.17, 15) is 18.5 Å². The van der Waals surface area contributed by atoms with Gasteiger partial charge in [0.2, 0.25) is 0 Å². The van der Waals surface area contributed by atoms with Gasteiger partial charge >= 0.3 is 0 Å². The van der Waals surface area contributed by atoms with Gasteiger partial charge < -0.3 is 4.40 Å². The van der Waals surface area contributed by atoms with Gasteiger partial charge in [-0.3, -0.25) is 14.8 Å². The van der Waals surface area contributed by atoms with E-state index in [0.717, 1.165) is 34.6 Å². The average molecular weight is 408 g/mol. The Labute approximate surface area is 166 Å². The first kappa shape index (κ1) is 18.6. The third-order valence-corrected chi connectivity index (χ3v) is 5.87. The summed E-state index contributed by atoms with van der Waals surface area (Å²) < 4.78 is 29.4. The molecule has 0 saturated heterocycles. The number of nitrogens with one attached hydrogen (secondary N) is 1. The van der Waals surface area contributed by atoms with Crippen LogP contribution in [0.15, 0.2) is 78.0 Å². The molecule has 0 aliphatic rings. The fourth-order valence-corrected chi connectivity index (χ4v) is 4.02. The number of benzene rings is 2. The quantitative estimate of drug-likeness (QED) is 0.396. The van der Waals surface area contributed by atoms with Crippen LogP contribution in [0.1, 0.15) is 5.56 Å². The number of anilines is 1. The first-order chi connectivity index (χ1) is 13.8. The average Bonchev–Trinajstić information content (AvgIpc) is 3.14. The molecule has 9 heteroatoms. The highest BCUT2D eigenvalue weighted by atomic mass is 32.2. The maximum absolute atomic E-state index is 12.5. The van der Waals surface area contributed by atoms with Crippen LogP contribution in [0, 0.1) is 17.0 Å². The van der Waals surface area contributed by atoms with E-state index in [2.05, 4.69) is 9.71 Å². The Kier molecular flexibility index (Phi) is 4.51. The molecule has 29 heavy (non-hydrogen) atoms. The van der Waals surface area contributed by atoms with Crippen molar-refractivity contribution in [1.29, 1.82) is 0 Å². The lowest BCUT2D eigenvalue weighted by Gasteiger charge is -2.08. The number of nitrogens with zero attached hydrogens (tertiary/aromatic N) is 3. The van der Waals surface area contributed by atoms with E-state index >= 15 is 0 Å². The monoisotopic (exact) mass is 408 g/mol. The summed E-state index contributed by atoms with van der Waals surface area (Å²) >= 11 is 0. The number of fused-ring (bicyclic) bond motifs is 1. The Morgan fingerprint density at radius 3 is 2.34 bits per heavy atom. The van der Waals surface area contributed by atoms with E-state index in [4.69, 9.17) is 0 Å². The van der Waals surface area contributed by atoms with Crippen molar-refractivity contribution in [3.05, 3.63) is 88.7 Å². The van der Waals surface area contributed by atoms with Gasteiger partial charge in [0.1, 0.15) is 5.65 Å². The maximum atomic E-state index is 12.5. The number of nitro groups is 1. The van der Waals surface area contributed by atoms with Crippen LogP contribution in [0.2, 0.25) is 0 Å². The minimum Gasteiger partial charge on any atom is -0.306 e. The molecule has 2 heterocycles. The number of non-ortho nitro benzene ring substituents is 1. The van der Waals surface area contributed by atoms with Gasteiger partial charge in [-0.1, -0.05) is 18.2 Å². The molecule has 4 rings (SSSR count). The van der Waals surface area contributed by atoms with Crippen molar-refractivity contribution < 1.29 is 13.3 Å². The summed E-state index contributed by atoms with van der Waals surface area (Å²) in [6.45, 7) is 1.99. The highest BCUT2D eigenvalue weighted by Gasteiger charge is 2.16. The lowest BCUT2D eigenvalue weighted by Crippen LogP contribution is -2.12. The minimum absolute atomic E-state index is 0.0528. The molecule has 0 aliphatic carbocycles. The molecule has 0 unspecified atom stereocenters. The Morgan fingerprint density at radius 1 is 1.03 bits per heavy atom. The van der Waals surface area contributed by atoms with Gasteiger partial charge in [0.05, 0.1) is 15.5 Å². The molecule has 2 aromatic carbocycles. The van der Waals surface area contributed by atoms with E-state index in [0.29, 0.717) is 5.69 Å². The van der Waals surface area contributed by atoms with Crippen LogP contribution in [0.3, 0.4) is 0 Å². The van der Waals surface area contributed by atoms with Crippen molar-refractivity contribution in [3.63, 3.8) is 0 Å². The lowest BCUT2D eigenvalue weighted by molar-refractivity contribution is -0.384. The van der Waals surface area contributed by atoms with E-state index < -0.39 is 14.9 Å². The molecule has 0 bridgehead atoms. The zero-order valence-corrected chi connectivity index (χ0v) is 16.1. The number of nitro benzene ring substituents is 1. The van der Waals surface area contributed by atoms with Crippen LogP contribution in [-0.4, -0.2) is 22.7 Å². The molecule has 8 nitrogen and oxygen atoms in total. The number of sulfonamides is 1. The predicted octanol–water partition coefficient (Wildman–Crippen LogP) is 4.02. The Bertz CT molecular complexity index is 1310. The standard InChI is InChI=1S/C20H16N4O4S/c1-14-3-2-12-23-13-19(21-20(14)23)15-4-6-16(7-5-15)22-29(27,28)18-10-8-17(9-11-18)24(25)26/h2-13,22H,1H3. The smallest absolute Gasteiger partial charge is 0.269 e. The highest BCUT2D eigenvalue weighted by molar-refractivity contribution is 7.92. The van der Waals surface area contributed by atoms with Gasteiger partial charge in [0.25, 0.3) is 15.7 Å². The molecule has 0 radical (unpaired) electrons. The Morgan fingerprint density at radius 2 is 1.72 bits per heavy atom. The zero-order valence-electron chi connectivity index (χ0n) is 15.3. The fourth-order valence-electron chi connectivity index (χ4n) is 2.96. The van der Waals surface area contributed by atoms with Gasteiger partial charge in [-0.15, -0.1) is 0 Å². The molecule has 1 N–H and O–H groups in total. The van der Waals surface area contributed by atoms with Crippen LogP contribution >= 0.6 is 0 Å². The number of hydrogen-bond acceptors (Lipinski definition) is 5. The summed E-state index contributed by atoms with van der Waals surface area (Å²) in [6.07, 6.45) is 3.84. The first-order valence-corrected chi connectivity index (χ1v) is 10.1. The summed E-state index contributed by atoms with van der Waals surface area (Å²) in [5.74, 6) is 0. The van der Waals surface area contributed by atoms with Crippen molar-refractivity contribution in [2.45, 2.75) is 11.8 Å². The molecular weight excluding hydrogens is 392 g/mol. The fraction of sp³-hybridized carbons (Fsp3) is 0.0500. The summed E-state index contributed by atoms with van der Waals surface area (Å²) in [6, 6.07) is 15.5. The van der Waals surface area contributed by atoms with E-state index in [1.54, 1.807) is 24.3 Å². The van der Waals surface area contributed by atoms with E-state index in [-0.39, 0.29) is 10.6 Å². The van der Waals surface area contributed by atoms with Gasteiger partial charge in [0.15, 0.2) is 0 Å². The first-order valence-electron chi connectivity index (χ1n) is 8.65. The number of imidazole rings is 1. The SMILES string of the molecule is Cc1cccn2cc(-c3ccc(NS(=O)(=O)c4ccc([N+](=O)[O-])cc4)cc3)nc12. The second kappa shape index (κ2) is 7.02. The molecule has 0 saturated carbocycles. The largest absolute Gasteiger partial charge is 0.306 e. The summed E-state index contributed by atoms with van der Waals surface area (Å²) in [5.41, 5.74) is 3.77. The van der Waals surface area contributed by atoms with Crippen molar-refractivity contribution in [2.24, 2.45) is 0 Å². The Balaban J connectivity index is 1.57. The number of rotatable bonds is 5. The molecule has 0 fully saturated rings. The van der Waals surface area contributed by atoms with Crippen molar-refractivity contribution in [3.8, 4) is 11.3 Å². The van der Waals surface area contributed by atoms with E-state index in [1.807, 2.05) is 35.9 Å². The molecule has 0 aliphatic heterocycles. The van der Waals surface area contributed by atoms with Gasteiger partial charge in [-0.2, -0.15) is 0 Å². The van der Waals surface area contributed by atoms with Crippen molar-refractivity contribution >= 4 is 27.0 Å². The van der Waals surface area contributed by atoms with Gasteiger partial charge in [-0.05, 0) is 42.8 Å². The van der Waals surface area contributed by atoms with E-state index in [1.165, 1.54) is 12.1 Å². The predicted molar refractivity (Wildman–Crippen MR) is 109 cm³/mol. The van der Waals surface area contributed by atoms with Crippen molar-refractivity contribution in [1.82, 2.24) is 9.38 Å². The normalized spacial score (nSPS) is 11.5. The summed E-state index contributed by atoms with van der Waals surface area (Å²) in [7, 11) is -3.85. The topological polar surface area (TPSA) is 107 Å². The number of aromatic nitrogens is 2. The van der Waals surface area contributed by atoms with Crippen molar-refractivity contribution in [2.75, 3.05) is 4.72 Å². The second-order valence-electron chi connectivity index (χ2n) is 6.48.